The number of carbonyl (C=O) groups excluding carboxylic acids is 3. The van der Waals surface area contributed by atoms with Crippen LogP contribution in [-0.4, -0.2) is 35.8 Å². The van der Waals surface area contributed by atoms with Crippen molar-refractivity contribution in [3.8, 4) is 0 Å². The molecule has 0 spiro atoms. The molecular weight excluding hydrogens is 588 g/mol. The van der Waals surface area contributed by atoms with E-state index in [2.05, 4.69) is 10.6 Å². The number of hydrogen-bond donors (Lipinski definition) is 3. The fourth-order valence-corrected chi connectivity index (χ4v) is 4.63. The van der Waals surface area contributed by atoms with Gasteiger partial charge in [-0.25, -0.2) is 19.2 Å². The molecule has 0 atom stereocenters. The molecule has 3 N–H and O–H groups in total. The monoisotopic (exact) mass is 626 g/mol. The van der Waals surface area contributed by atoms with Crippen LogP contribution in [0.5, 0.6) is 0 Å². The predicted molar refractivity (Wildman–Crippen MR) is 175 cm³/mol. The summed E-state index contributed by atoms with van der Waals surface area (Å²) in [4.78, 5) is 47.4. The van der Waals surface area contributed by atoms with Gasteiger partial charge in [0, 0.05) is 0 Å². The molecule has 4 rings (SSSR count). The van der Waals surface area contributed by atoms with Crippen LogP contribution in [0.15, 0.2) is 84.9 Å². The molecular formula is C36H38N2O8. The standard InChI is InChI=1S/C19H21NO4.C17H17NO4/c1-4-23-18(21)17-14(3)10-13(2)11-16(17)20-19(22)24-12-15-8-6-5-7-9-15;1-11-8-12(2)15(16(19)20)14(9-11)18-17(21)22-10-13-6-4-3-5-7-13/h5-11H,4,12H2,1-3H3,(H,20,22);3-9H,10H2,1-2H3,(H,18,21)(H,19,20). The Balaban J connectivity index is 0.000000251. The number of hydrogen-bond acceptors (Lipinski definition) is 7. The van der Waals surface area contributed by atoms with E-state index in [0.717, 1.165) is 27.8 Å². The normalized spacial score (nSPS) is 10.1. The third-order valence-corrected chi connectivity index (χ3v) is 6.55. The Morgan fingerprint density at radius 1 is 0.609 bits per heavy atom. The van der Waals surface area contributed by atoms with Crippen LogP contribution in [0.2, 0.25) is 0 Å². The quantitative estimate of drug-likeness (QED) is 0.125. The zero-order chi connectivity index (χ0) is 33.6. The highest BCUT2D eigenvalue weighted by atomic mass is 16.6. The second-order valence-corrected chi connectivity index (χ2v) is 10.4. The van der Waals surface area contributed by atoms with Crippen molar-refractivity contribution in [2.75, 3.05) is 17.2 Å². The van der Waals surface area contributed by atoms with Crippen molar-refractivity contribution in [2.24, 2.45) is 0 Å². The second-order valence-electron chi connectivity index (χ2n) is 10.4. The molecule has 0 unspecified atom stereocenters. The van der Waals surface area contributed by atoms with E-state index in [1.165, 1.54) is 0 Å². The minimum absolute atomic E-state index is 0.0715. The lowest BCUT2D eigenvalue weighted by Gasteiger charge is -2.14. The van der Waals surface area contributed by atoms with E-state index < -0.39 is 24.1 Å². The van der Waals surface area contributed by atoms with Gasteiger partial charge in [0.15, 0.2) is 0 Å². The summed E-state index contributed by atoms with van der Waals surface area (Å²) in [7, 11) is 0. The molecule has 46 heavy (non-hydrogen) atoms. The van der Waals surface area contributed by atoms with Crippen LogP contribution in [0.3, 0.4) is 0 Å². The Kier molecular flexibility index (Phi) is 12.9. The van der Waals surface area contributed by atoms with Crippen LogP contribution in [0.1, 0.15) is 61.0 Å². The van der Waals surface area contributed by atoms with Gasteiger partial charge in [-0.3, -0.25) is 10.6 Å². The molecule has 0 radical (unpaired) electrons. The summed E-state index contributed by atoms with van der Waals surface area (Å²) in [6.45, 7) is 9.51. The van der Waals surface area contributed by atoms with Gasteiger partial charge in [0.1, 0.15) is 13.2 Å². The van der Waals surface area contributed by atoms with Crippen LogP contribution in [-0.2, 0) is 27.4 Å². The number of rotatable bonds is 9. The molecule has 2 amide bonds. The molecule has 0 aromatic heterocycles. The van der Waals surface area contributed by atoms with E-state index >= 15 is 0 Å². The van der Waals surface area contributed by atoms with Crippen LogP contribution in [0.4, 0.5) is 21.0 Å². The van der Waals surface area contributed by atoms with Crippen LogP contribution in [0, 0.1) is 27.7 Å². The Hall–Kier alpha value is -5.64. The van der Waals surface area contributed by atoms with Crippen LogP contribution >= 0.6 is 0 Å². The van der Waals surface area contributed by atoms with Gasteiger partial charge in [-0.15, -0.1) is 0 Å². The molecule has 0 bridgehead atoms. The van der Waals surface area contributed by atoms with E-state index in [4.69, 9.17) is 14.2 Å². The van der Waals surface area contributed by atoms with Gasteiger partial charge in [-0.1, -0.05) is 72.8 Å². The van der Waals surface area contributed by atoms with E-state index in [1.54, 1.807) is 39.0 Å². The molecule has 4 aromatic carbocycles. The highest BCUT2D eigenvalue weighted by Gasteiger charge is 2.19. The SMILES string of the molecule is CCOC(=O)c1c(C)cc(C)cc1NC(=O)OCc1ccccc1.Cc1cc(C)c(C(=O)O)c(NC(=O)OCc2ccccc2)c1. The topological polar surface area (TPSA) is 140 Å². The largest absolute Gasteiger partial charge is 0.478 e. The maximum atomic E-state index is 12.1. The predicted octanol–water partition coefficient (Wildman–Crippen LogP) is 7.98. The smallest absolute Gasteiger partial charge is 0.411 e. The molecule has 10 heteroatoms. The number of carboxylic acid groups (broad SMARTS) is 1. The van der Waals surface area contributed by atoms with Crippen molar-refractivity contribution in [3.63, 3.8) is 0 Å². The van der Waals surface area contributed by atoms with Crippen molar-refractivity contribution >= 4 is 35.5 Å². The lowest BCUT2D eigenvalue weighted by Crippen LogP contribution is -2.18. The molecule has 0 saturated heterocycles. The van der Waals surface area contributed by atoms with Crippen LogP contribution < -0.4 is 10.6 Å². The van der Waals surface area contributed by atoms with E-state index in [0.29, 0.717) is 16.8 Å². The fraction of sp³-hybridized carbons (Fsp3) is 0.222. The number of aromatic carboxylic acids is 1. The van der Waals surface area contributed by atoms with Gasteiger partial charge in [0.25, 0.3) is 0 Å². The summed E-state index contributed by atoms with van der Waals surface area (Å²) in [6.07, 6.45) is -1.30. The highest BCUT2D eigenvalue weighted by molar-refractivity contribution is 6.01. The number of carboxylic acids is 1. The van der Waals surface area contributed by atoms with Crippen molar-refractivity contribution in [1.29, 1.82) is 0 Å². The summed E-state index contributed by atoms with van der Waals surface area (Å²) < 4.78 is 15.4. The van der Waals surface area contributed by atoms with Crippen molar-refractivity contribution in [3.05, 3.63) is 129 Å². The zero-order valence-electron chi connectivity index (χ0n) is 26.5. The van der Waals surface area contributed by atoms with E-state index in [1.807, 2.05) is 80.6 Å². The summed E-state index contributed by atoms with van der Waals surface area (Å²) in [5, 5.41) is 14.4. The Labute approximate surface area is 268 Å². The minimum atomic E-state index is -1.09. The molecule has 0 saturated carbocycles. The van der Waals surface area contributed by atoms with Gasteiger partial charge in [-0.05, 0) is 80.1 Å². The number of nitrogens with one attached hydrogen (secondary N) is 2. The first-order valence-corrected chi connectivity index (χ1v) is 14.6. The maximum Gasteiger partial charge on any atom is 0.411 e. The second kappa shape index (κ2) is 17.0. The van der Waals surface area contributed by atoms with Gasteiger partial charge >= 0.3 is 24.1 Å². The Morgan fingerprint density at radius 3 is 1.43 bits per heavy atom. The molecule has 240 valence electrons. The summed E-state index contributed by atoms with van der Waals surface area (Å²) in [6, 6.07) is 25.6. The average Bonchev–Trinajstić information content (AvgIpc) is 2.99. The minimum Gasteiger partial charge on any atom is -0.478 e. The van der Waals surface area contributed by atoms with Gasteiger partial charge in [0.2, 0.25) is 0 Å². The van der Waals surface area contributed by atoms with Gasteiger partial charge in [0.05, 0.1) is 29.1 Å². The molecule has 0 aliphatic heterocycles. The first-order chi connectivity index (χ1) is 22.0. The third kappa shape index (κ3) is 10.5. The molecule has 0 fully saturated rings. The van der Waals surface area contributed by atoms with E-state index in [9.17, 15) is 24.3 Å². The lowest BCUT2D eigenvalue weighted by atomic mass is 10.0. The number of amides is 2. The van der Waals surface area contributed by atoms with Crippen molar-refractivity contribution in [1.82, 2.24) is 0 Å². The first kappa shape index (κ1) is 34.8. The van der Waals surface area contributed by atoms with E-state index in [-0.39, 0.29) is 31.1 Å². The number of benzene rings is 4. The fourth-order valence-electron chi connectivity index (χ4n) is 4.63. The average molecular weight is 627 g/mol. The summed E-state index contributed by atoms with van der Waals surface area (Å²) in [5.41, 5.74) is 5.92. The number of carbonyl (C=O) groups is 4. The van der Waals surface area contributed by atoms with Crippen molar-refractivity contribution < 1.29 is 38.5 Å². The van der Waals surface area contributed by atoms with Crippen molar-refractivity contribution in [2.45, 2.75) is 47.8 Å². The molecule has 0 heterocycles. The lowest BCUT2D eigenvalue weighted by molar-refractivity contribution is 0.0526. The van der Waals surface area contributed by atoms with Gasteiger partial charge in [-0.2, -0.15) is 0 Å². The summed E-state index contributed by atoms with van der Waals surface area (Å²) >= 11 is 0. The Bertz CT molecular complexity index is 1670. The number of ether oxygens (including phenoxy) is 3. The number of anilines is 2. The highest BCUT2D eigenvalue weighted by Crippen LogP contribution is 2.24. The molecule has 0 aliphatic carbocycles. The first-order valence-electron chi connectivity index (χ1n) is 14.6. The van der Waals surface area contributed by atoms with Gasteiger partial charge < -0.3 is 19.3 Å². The molecule has 4 aromatic rings. The molecule has 0 aliphatic rings. The summed E-state index contributed by atoms with van der Waals surface area (Å²) in [5.74, 6) is -1.55. The third-order valence-electron chi connectivity index (χ3n) is 6.55. The maximum absolute atomic E-state index is 12.1. The van der Waals surface area contributed by atoms with Crippen LogP contribution in [0.25, 0.3) is 0 Å². The zero-order valence-corrected chi connectivity index (χ0v) is 26.5. The Morgan fingerprint density at radius 2 is 1.02 bits per heavy atom. The molecule has 10 nitrogen and oxygen atoms in total. The number of aryl methyl sites for hydroxylation is 4. The number of esters is 1.